The van der Waals surface area contributed by atoms with Crippen LogP contribution in [0.25, 0.3) is 0 Å². The molecule has 2 amide bonds. The zero-order valence-corrected chi connectivity index (χ0v) is 13.0. The first kappa shape index (κ1) is 15.8. The monoisotopic (exact) mass is 329 g/mol. The average molecular weight is 329 g/mol. The minimum absolute atomic E-state index is 0.116. The Labute approximate surface area is 137 Å². The quantitative estimate of drug-likeness (QED) is 0.558. The molecule has 9 nitrogen and oxygen atoms in total. The van der Waals surface area contributed by atoms with Gasteiger partial charge in [-0.2, -0.15) is 0 Å². The van der Waals surface area contributed by atoms with E-state index in [4.69, 9.17) is 4.74 Å². The first-order valence-electron chi connectivity index (χ1n) is 7.47. The Hall–Kier alpha value is -3.10. The molecule has 24 heavy (non-hydrogen) atoms. The van der Waals surface area contributed by atoms with Gasteiger partial charge in [-0.15, -0.1) is 5.10 Å². The van der Waals surface area contributed by atoms with Crippen molar-refractivity contribution in [2.24, 2.45) is 0 Å². The van der Waals surface area contributed by atoms with E-state index in [9.17, 15) is 14.4 Å². The number of rotatable bonds is 6. The van der Waals surface area contributed by atoms with Gasteiger partial charge in [0, 0.05) is 6.54 Å². The first-order valence-corrected chi connectivity index (χ1v) is 7.47. The van der Waals surface area contributed by atoms with Crippen LogP contribution in [0.3, 0.4) is 0 Å². The standard InChI is InChI=1S/C15H15N5O4/c1-2-7-20-12(16-17-18-20)9-24-13(21)8-19-14(22)10-5-3-4-6-11(10)15(19)23/h3-6H,2,7-9H2,1H3. The number of tetrazole rings is 1. The van der Waals surface area contributed by atoms with Gasteiger partial charge in [0.05, 0.1) is 11.1 Å². The predicted octanol–water partition coefficient (Wildman–Crippen LogP) is 0.422. The fraction of sp³-hybridized carbons (Fsp3) is 0.333. The van der Waals surface area contributed by atoms with Gasteiger partial charge < -0.3 is 4.74 Å². The number of imide groups is 1. The molecule has 1 aliphatic rings. The van der Waals surface area contributed by atoms with Crippen LogP contribution in [-0.4, -0.2) is 49.4 Å². The van der Waals surface area contributed by atoms with E-state index in [1.54, 1.807) is 24.3 Å². The van der Waals surface area contributed by atoms with Crippen LogP contribution < -0.4 is 0 Å². The zero-order chi connectivity index (χ0) is 17.1. The number of hydrogen-bond acceptors (Lipinski definition) is 7. The summed E-state index contributed by atoms with van der Waals surface area (Å²) in [4.78, 5) is 37.2. The lowest BCUT2D eigenvalue weighted by Crippen LogP contribution is -2.35. The van der Waals surface area contributed by atoms with E-state index in [-0.39, 0.29) is 6.61 Å². The number of aromatic nitrogens is 4. The van der Waals surface area contributed by atoms with Crippen molar-refractivity contribution in [3.8, 4) is 0 Å². The summed E-state index contributed by atoms with van der Waals surface area (Å²) >= 11 is 0. The predicted molar refractivity (Wildman–Crippen MR) is 79.7 cm³/mol. The third kappa shape index (κ3) is 2.87. The molecule has 1 aromatic heterocycles. The summed E-state index contributed by atoms with van der Waals surface area (Å²) in [7, 11) is 0. The highest BCUT2D eigenvalue weighted by atomic mass is 16.5. The molecule has 0 unspecified atom stereocenters. The van der Waals surface area contributed by atoms with Crippen molar-refractivity contribution in [3.05, 3.63) is 41.2 Å². The van der Waals surface area contributed by atoms with Crippen LogP contribution >= 0.6 is 0 Å². The van der Waals surface area contributed by atoms with E-state index < -0.39 is 24.3 Å². The molecule has 0 bridgehead atoms. The molecule has 1 aliphatic heterocycles. The van der Waals surface area contributed by atoms with Crippen molar-refractivity contribution in [1.82, 2.24) is 25.1 Å². The Kier molecular flexibility index (Phi) is 4.32. The minimum Gasteiger partial charge on any atom is -0.456 e. The van der Waals surface area contributed by atoms with Gasteiger partial charge in [-0.25, -0.2) is 4.68 Å². The lowest BCUT2D eigenvalue weighted by Gasteiger charge is -2.12. The van der Waals surface area contributed by atoms with E-state index in [0.29, 0.717) is 23.5 Å². The number of nitrogens with zero attached hydrogens (tertiary/aromatic N) is 5. The Morgan fingerprint density at radius 3 is 2.46 bits per heavy atom. The normalized spacial score (nSPS) is 13.3. The molecule has 0 N–H and O–H groups in total. The van der Waals surface area contributed by atoms with Crippen molar-refractivity contribution in [3.63, 3.8) is 0 Å². The number of carbonyl (C=O) groups is 3. The molecule has 2 aromatic rings. The summed E-state index contributed by atoms with van der Waals surface area (Å²) in [5.41, 5.74) is 0.587. The van der Waals surface area contributed by atoms with Gasteiger partial charge in [0.2, 0.25) is 0 Å². The zero-order valence-electron chi connectivity index (χ0n) is 13.0. The second-order valence-corrected chi connectivity index (χ2v) is 5.22. The highest BCUT2D eigenvalue weighted by molar-refractivity contribution is 6.22. The molecule has 9 heteroatoms. The lowest BCUT2D eigenvalue weighted by molar-refractivity contribution is -0.145. The van der Waals surface area contributed by atoms with Crippen molar-refractivity contribution in [1.29, 1.82) is 0 Å². The number of hydrogen-bond donors (Lipinski definition) is 0. The number of ether oxygens (including phenoxy) is 1. The second kappa shape index (κ2) is 6.57. The molecule has 3 rings (SSSR count). The summed E-state index contributed by atoms with van der Waals surface area (Å²) in [5, 5.41) is 11.1. The van der Waals surface area contributed by atoms with Gasteiger partial charge in [0.15, 0.2) is 12.4 Å². The summed E-state index contributed by atoms with van der Waals surface area (Å²) in [6.07, 6.45) is 0.834. The number of aryl methyl sites for hydroxylation is 1. The third-order valence-electron chi connectivity index (χ3n) is 3.57. The molecule has 124 valence electrons. The second-order valence-electron chi connectivity index (χ2n) is 5.22. The molecule has 0 saturated carbocycles. The molecule has 2 heterocycles. The van der Waals surface area contributed by atoms with Crippen molar-refractivity contribution >= 4 is 17.8 Å². The van der Waals surface area contributed by atoms with Crippen LogP contribution in [-0.2, 0) is 22.7 Å². The number of esters is 1. The fourth-order valence-corrected chi connectivity index (χ4v) is 2.41. The summed E-state index contributed by atoms with van der Waals surface area (Å²) in [5.74, 6) is -1.28. The topological polar surface area (TPSA) is 107 Å². The molecular formula is C15H15N5O4. The molecule has 0 radical (unpaired) electrons. The van der Waals surface area contributed by atoms with Gasteiger partial charge in [-0.05, 0) is 29.0 Å². The lowest BCUT2D eigenvalue weighted by atomic mass is 10.1. The fourth-order valence-electron chi connectivity index (χ4n) is 2.41. The Balaban J connectivity index is 1.61. The maximum absolute atomic E-state index is 12.2. The molecule has 0 saturated heterocycles. The molecular weight excluding hydrogens is 314 g/mol. The van der Waals surface area contributed by atoms with Gasteiger partial charge in [-0.3, -0.25) is 19.3 Å². The number of carbonyl (C=O) groups excluding carboxylic acids is 3. The summed E-state index contributed by atoms with van der Waals surface area (Å²) in [6, 6.07) is 6.44. The molecule has 0 aliphatic carbocycles. The third-order valence-corrected chi connectivity index (χ3v) is 3.57. The van der Waals surface area contributed by atoms with Crippen LogP contribution in [0.5, 0.6) is 0 Å². The minimum atomic E-state index is -0.699. The summed E-state index contributed by atoms with van der Waals surface area (Å²) in [6.45, 7) is 2.02. The summed E-state index contributed by atoms with van der Waals surface area (Å²) < 4.78 is 6.62. The van der Waals surface area contributed by atoms with Gasteiger partial charge in [0.25, 0.3) is 11.8 Å². The Morgan fingerprint density at radius 1 is 1.17 bits per heavy atom. The SMILES string of the molecule is CCCn1nnnc1COC(=O)CN1C(=O)c2ccccc2C1=O. The van der Waals surface area contributed by atoms with Crippen LogP contribution in [0.15, 0.2) is 24.3 Å². The van der Waals surface area contributed by atoms with E-state index in [2.05, 4.69) is 15.5 Å². The molecule has 0 atom stereocenters. The van der Waals surface area contributed by atoms with Gasteiger partial charge in [-0.1, -0.05) is 19.1 Å². The average Bonchev–Trinajstić information content (AvgIpc) is 3.12. The molecule has 0 fully saturated rings. The highest BCUT2D eigenvalue weighted by Crippen LogP contribution is 2.22. The van der Waals surface area contributed by atoms with Crippen LogP contribution in [0.4, 0.5) is 0 Å². The Bertz CT molecular complexity index is 766. The highest BCUT2D eigenvalue weighted by Gasteiger charge is 2.36. The number of fused-ring (bicyclic) bond motifs is 1. The van der Waals surface area contributed by atoms with Gasteiger partial charge >= 0.3 is 5.97 Å². The van der Waals surface area contributed by atoms with E-state index in [1.807, 2.05) is 6.92 Å². The molecule has 1 aromatic carbocycles. The maximum atomic E-state index is 12.2. The number of benzene rings is 1. The first-order chi connectivity index (χ1) is 11.6. The van der Waals surface area contributed by atoms with E-state index in [0.717, 1.165) is 11.3 Å². The van der Waals surface area contributed by atoms with Crippen LogP contribution in [0.1, 0.15) is 39.9 Å². The van der Waals surface area contributed by atoms with Crippen molar-refractivity contribution < 1.29 is 19.1 Å². The van der Waals surface area contributed by atoms with Crippen molar-refractivity contribution in [2.45, 2.75) is 26.5 Å². The number of amides is 2. The van der Waals surface area contributed by atoms with Crippen LogP contribution in [0.2, 0.25) is 0 Å². The maximum Gasteiger partial charge on any atom is 0.326 e. The largest absolute Gasteiger partial charge is 0.456 e. The molecule has 0 spiro atoms. The van der Waals surface area contributed by atoms with E-state index >= 15 is 0 Å². The van der Waals surface area contributed by atoms with E-state index in [1.165, 1.54) is 4.68 Å². The van der Waals surface area contributed by atoms with Crippen molar-refractivity contribution in [2.75, 3.05) is 6.54 Å². The van der Waals surface area contributed by atoms with Crippen LogP contribution in [0, 0.1) is 0 Å². The van der Waals surface area contributed by atoms with Gasteiger partial charge in [0.1, 0.15) is 6.54 Å². The smallest absolute Gasteiger partial charge is 0.326 e. The Morgan fingerprint density at radius 2 is 1.83 bits per heavy atom.